The molecule has 0 unspecified atom stereocenters. The lowest BCUT2D eigenvalue weighted by molar-refractivity contribution is -0.129. The van der Waals surface area contributed by atoms with E-state index in [-0.39, 0.29) is 24.1 Å². The Morgan fingerprint density at radius 1 is 1.31 bits per heavy atom. The first-order valence-corrected chi connectivity index (χ1v) is 8.54. The minimum Gasteiger partial charge on any atom is -0.497 e. The SMILES string of the molecule is COc1ccc2c(c1)[C@]1(CCN(C(=O)Cc3cccc(F)c3)C1)C(=O)N2. The Morgan fingerprint density at radius 3 is 2.92 bits per heavy atom. The van der Waals surface area contributed by atoms with E-state index in [9.17, 15) is 14.0 Å². The van der Waals surface area contributed by atoms with Crippen LogP contribution >= 0.6 is 0 Å². The van der Waals surface area contributed by atoms with Gasteiger partial charge >= 0.3 is 0 Å². The highest BCUT2D eigenvalue weighted by molar-refractivity contribution is 6.07. The number of methoxy groups -OCH3 is 1. The van der Waals surface area contributed by atoms with Crippen LogP contribution in [0.5, 0.6) is 5.75 Å². The Balaban J connectivity index is 1.57. The molecule has 2 amide bonds. The van der Waals surface area contributed by atoms with Crippen molar-refractivity contribution in [3.63, 3.8) is 0 Å². The molecule has 2 aliphatic heterocycles. The minimum atomic E-state index is -0.735. The standard InChI is InChI=1S/C20H19FN2O3/c1-26-15-5-6-17-16(11-15)20(19(25)22-17)7-8-23(12-20)18(24)10-13-3-2-4-14(21)9-13/h2-6,9,11H,7-8,10,12H2,1H3,(H,22,25)/t20-/m1/s1. The molecule has 1 atom stereocenters. The number of hydrogen-bond donors (Lipinski definition) is 1. The molecule has 1 saturated heterocycles. The minimum absolute atomic E-state index is 0.0817. The van der Waals surface area contributed by atoms with E-state index in [2.05, 4.69) is 5.32 Å². The van der Waals surface area contributed by atoms with Gasteiger partial charge in [0.1, 0.15) is 11.6 Å². The molecule has 0 aliphatic carbocycles. The predicted molar refractivity (Wildman–Crippen MR) is 94.6 cm³/mol. The van der Waals surface area contributed by atoms with Crippen molar-refractivity contribution in [3.8, 4) is 5.75 Å². The van der Waals surface area contributed by atoms with E-state index in [0.29, 0.717) is 30.8 Å². The first kappa shape index (κ1) is 16.6. The van der Waals surface area contributed by atoms with Gasteiger partial charge in [0.15, 0.2) is 0 Å². The normalized spacial score (nSPS) is 21.0. The lowest BCUT2D eigenvalue weighted by Crippen LogP contribution is -2.39. The van der Waals surface area contributed by atoms with Crippen molar-refractivity contribution in [3.05, 3.63) is 59.4 Å². The summed E-state index contributed by atoms with van der Waals surface area (Å²) in [6.07, 6.45) is 0.689. The summed E-state index contributed by atoms with van der Waals surface area (Å²) in [4.78, 5) is 27.0. The number of nitrogens with one attached hydrogen (secondary N) is 1. The molecule has 2 aromatic carbocycles. The molecule has 134 valence electrons. The lowest BCUT2D eigenvalue weighted by atomic mass is 9.81. The number of carbonyl (C=O) groups excluding carboxylic acids is 2. The third-order valence-corrected chi connectivity index (χ3v) is 5.29. The summed E-state index contributed by atoms with van der Waals surface area (Å²) in [5, 5.41) is 2.92. The van der Waals surface area contributed by atoms with Crippen molar-refractivity contribution in [2.45, 2.75) is 18.3 Å². The molecule has 1 N–H and O–H groups in total. The highest BCUT2D eigenvalue weighted by Gasteiger charge is 2.52. The molecule has 4 rings (SSSR count). The van der Waals surface area contributed by atoms with Gasteiger partial charge in [-0.05, 0) is 47.9 Å². The van der Waals surface area contributed by atoms with Gasteiger partial charge in [-0.1, -0.05) is 12.1 Å². The molecule has 0 bridgehead atoms. The fourth-order valence-electron chi connectivity index (χ4n) is 3.88. The highest BCUT2D eigenvalue weighted by Crippen LogP contribution is 2.45. The van der Waals surface area contributed by atoms with Gasteiger partial charge in [0.25, 0.3) is 0 Å². The molecule has 0 aromatic heterocycles. The van der Waals surface area contributed by atoms with E-state index < -0.39 is 5.41 Å². The summed E-state index contributed by atoms with van der Waals surface area (Å²) in [7, 11) is 1.59. The zero-order valence-corrected chi connectivity index (χ0v) is 14.4. The average molecular weight is 354 g/mol. The number of fused-ring (bicyclic) bond motifs is 2. The molecule has 26 heavy (non-hydrogen) atoms. The maximum Gasteiger partial charge on any atom is 0.237 e. The number of hydrogen-bond acceptors (Lipinski definition) is 3. The fourth-order valence-corrected chi connectivity index (χ4v) is 3.88. The van der Waals surface area contributed by atoms with E-state index >= 15 is 0 Å². The van der Waals surface area contributed by atoms with E-state index in [1.54, 1.807) is 30.2 Å². The molecule has 0 radical (unpaired) electrons. The van der Waals surface area contributed by atoms with Gasteiger partial charge in [-0.2, -0.15) is 0 Å². The van der Waals surface area contributed by atoms with Crippen LogP contribution in [-0.2, 0) is 21.4 Å². The Kier molecular flexibility index (Phi) is 3.90. The molecule has 2 aromatic rings. The molecule has 2 aliphatic rings. The summed E-state index contributed by atoms with van der Waals surface area (Å²) in [6, 6.07) is 11.6. The Labute approximate surface area is 150 Å². The number of rotatable bonds is 3. The Morgan fingerprint density at radius 2 is 2.15 bits per heavy atom. The predicted octanol–water partition coefficient (Wildman–Crippen LogP) is 2.50. The molecule has 5 nitrogen and oxygen atoms in total. The maximum atomic E-state index is 13.3. The molecule has 1 spiro atoms. The smallest absolute Gasteiger partial charge is 0.237 e. The first-order chi connectivity index (χ1) is 12.5. The van der Waals surface area contributed by atoms with Gasteiger partial charge in [-0.15, -0.1) is 0 Å². The van der Waals surface area contributed by atoms with Crippen molar-refractivity contribution >= 4 is 17.5 Å². The lowest BCUT2D eigenvalue weighted by Gasteiger charge is -2.23. The quantitative estimate of drug-likeness (QED) is 0.921. The third-order valence-electron chi connectivity index (χ3n) is 5.29. The van der Waals surface area contributed by atoms with Crippen LogP contribution in [0.2, 0.25) is 0 Å². The Bertz CT molecular complexity index is 898. The molecule has 6 heteroatoms. The van der Waals surface area contributed by atoms with Crippen LogP contribution in [0.1, 0.15) is 17.5 Å². The number of likely N-dealkylation sites (tertiary alicyclic amines) is 1. The van der Waals surface area contributed by atoms with Gasteiger partial charge in [0, 0.05) is 18.8 Å². The van der Waals surface area contributed by atoms with E-state index in [4.69, 9.17) is 4.74 Å². The van der Waals surface area contributed by atoms with Crippen LogP contribution < -0.4 is 10.1 Å². The zero-order valence-electron chi connectivity index (χ0n) is 14.4. The van der Waals surface area contributed by atoms with Gasteiger partial charge < -0.3 is 15.0 Å². The van der Waals surface area contributed by atoms with Crippen molar-refractivity contribution in [1.82, 2.24) is 4.90 Å². The molecule has 0 saturated carbocycles. The fraction of sp³-hybridized carbons (Fsp3) is 0.300. The van der Waals surface area contributed by atoms with Crippen LogP contribution in [0, 0.1) is 5.82 Å². The van der Waals surface area contributed by atoms with Crippen molar-refractivity contribution in [2.75, 3.05) is 25.5 Å². The monoisotopic (exact) mass is 354 g/mol. The van der Waals surface area contributed by atoms with Crippen molar-refractivity contribution in [2.24, 2.45) is 0 Å². The number of anilines is 1. The van der Waals surface area contributed by atoms with Gasteiger partial charge in [0.2, 0.25) is 11.8 Å². The number of benzene rings is 2. The van der Waals surface area contributed by atoms with Crippen LogP contribution in [0.4, 0.5) is 10.1 Å². The second kappa shape index (κ2) is 6.12. The molecular weight excluding hydrogens is 335 g/mol. The topological polar surface area (TPSA) is 58.6 Å². The number of nitrogens with zero attached hydrogens (tertiary/aromatic N) is 1. The van der Waals surface area contributed by atoms with Crippen molar-refractivity contribution in [1.29, 1.82) is 0 Å². The largest absolute Gasteiger partial charge is 0.497 e. The number of ether oxygens (including phenoxy) is 1. The number of halogens is 1. The summed E-state index contributed by atoms with van der Waals surface area (Å²) < 4.78 is 18.6. The van der Waals surface area contributed by atoms with Crippen LogP contribution in [-0.4, -0.2) is 36.9 Å². The van der Waals surface area contributed by atoms with E-state index in [1.165, 1.54) is 12.1 Å². The van der Waals surface area contributed by atoms with Crippen molar-refractivity contribution < 1.29 is 18.7 Å². The van der Waals surface area contributed by atoms with Crippen LogP contribution in [0.3, 0.4) is 0 Å². The molecular formula is C20H19FN2O3. The summed E-state index contributed by atoms with van der Waals surface area (Å²) in [6.45, 7) is 0.825. The number of carbonyl (C=O) groups is 2. The highest BCUT2D eigenvalue weighted by atomic mass is 19.1. The summed E-state index contributed by atoms with van der Waals surface area (Å²) in [5.41, 5.74) is 1.55. The summed E-state index contributed by atoms with van der Waals surface area (Å²) >= 11 is 0. The zero-order chi connectivity index (χ0) is 18.3. The van der Waals surface area contributed by atoms with E-state index in [0.717, 1.165) is 11.3 Å². The van der Waals surface area contributed by atoms with E-state index in [1.807, 2.05) is 12.1 Å². The third kappa shape index (κ3) is 2.62. The van der Waals surface area contributed by atoms with Gasteiger partial charge in [-0.3, -0.25) is 9.59 Å². The Hall–Kier alpha value is -2.89. The number of amides is 2. The average Bonchev–Trinajstić information content (AvgIpc) is 3.19. The second-order valence-electron chi connectivity index (χ2n) is 6.82. The van der Waals surface area contributed by atoms with Crippen LogP contribution in [0.15, 0.2) is 42.5 Å². The van der Waals surface area contributed by atoms with Gasteiger partial charge in [0.05, 0.1) is 18.9 Å². The molecule has 1 fully saturated rings. The maximum absolute atomic E-state index is 13.3. The summed E-state index contributed by atoms with van der Waals surface area (Å²) in [5.74, 6) is 0.145. The first-order valence-electron chi connectivity index (χ1n) is 8.54. The van der Waals surface area contributed by atoms with Gasteiger partial charge in [-0.25, -0.2) is 4.39 Å². The van der Waals surface area contributed by atoms with Crippen LogP contribution in [0.25, 0.3) is 0 Å². The second-order valence-corrected chi connectivity index (χ2v) is 6.82. The molecule has 2 heterocycles.